The van der Waals surface area contributed by atoms with Crippen LogP contribution in [0.4, 0.5) is 0 Å². The first-order chi connectivity index (χ1) is 11.6. The topological polar surface area (TPSA) is 55.3 Å². The molecule has 8 heteroatoms. The summed E-state index contributed by atoms with van der Waals surface area (Å²) < 4.78 is 9.75. The lowest BCUT2D eigenvalue weighted by atomic mass is 10.1. The van der Waals surface area contributed by atoms with Gasteiger partial charge in [-0.2, -0.15) is 0 Å². The van der Waals surface area contributed by atoms with Crippen molar-refractivity contribution in [1.82, 2.24) is 14.5 Å². The molecule has 1 fully saturated rings. The van der Waals surface area contributed by atoms with Gasteiger partial charge in [-0.25, -0.2) is 0 Å². The first kappa shape index (κ1) is 17.6. The monoisotopic (exact) mass is 385 g/mol. The largest absolute Gasteiger partial charge is 0.370 e. The normalized spacial score (nSPS) is 18.0. The Morgan fingerprint density at radius 3 is 2.83 bits per heavy atom. The molecule has 0 radical (unpaired) electrons. The highest BCUT2D eigenvalue weighted by atomic mass is 35.5. The minimum Gasteiger partial charge on any atom is -0.370 e. The molecule has 0 N–H and O–H groups in total. The van der Waals surface area contributed by atoms with Gasteiger partial charge in [-0.05, 0) is 41.7 Å². The number of benzene rings is 1. The van der Waals surface area contributed by atoms with E-state index in [1.165, 1.54) is 0 Å². The minimum absolute atomic E-state index is 0.0325. The smallest absolute Gasteiger partial charge is 0.267 e. The van der Waals surface area contributed by atoms with Crippen molar-refractivity contribution in [3.63, 3.8) is 0 Å². The molecule has 0 aliphatic carbocycles. The molecule has 1 atom stereocenters. The van der Waals surface area contributed by atoms with E-state index in [0.29, 0.717) is 34.6 Å². The fourth-order valence-corrected chi connectivity index (χ4v) is 3.93. The number of aryl methyl sites for hydroxylation is 1. The highest BCUT2D eigenvalue weighted by Gasteiger charge is 2.29. The van der Waals surface area contributed by atoms with Gasteiger partial charge in [-0.3, -0.25) is 4.79 Å². The van der Waals surface area contributed by atoms with E-state index >= 15 is 0 Å². The van der Waals surface area contributed by atoms with Gasteiger partial charge in [-0.15, -0.1) is 5.10 Å². The van der Waals surface area contributed by atoms with E-state index in [2.05, 4.69) is 16.5 Å². The number of carbonyl (C=O) groups is 1. The van der Waals surface area contributed by atoms with Crippen LogP contribution in [0.25, 0.3) is 0 Å². The molecule has 0 bridgehead atoms. The van der Waals surface area contributed by atoms with Gasteiger partial charge >= 0.3 is 0 Å². The maximum absolute atomic E-state index is 12.8. The zero-order valence-corrected chi connectivity index (χ0v) is 15.5. The summed E-state index contributed by atoms with van der Waals surface area (Å²) in [5.41, 5.74) is 1.66. The van der Waals surface area contributed by atoms with Crippen molar-refractivity contribution >= 4 is 40.6 Å². The first-order valence-corrected chi connectivity index (χ1v) is 9.29. The predicted octanol–water partition coefficient (Wildman–Crippen LogP) is 4.01. The van der Waals surface area contributed by atoms with E-state index in [1.54, 1.807) is 11.0 Å². The number of hydrogen-bond acceptors (Lipinski definition) is 5. The molecular weight excluding hydrogens is 369 g/mol. The number of ether oxygens (including phenoxy) is 1. The summed E-state index contributed by atoms with van der Waals surface area (Å²) in [6.45, 7) is 3.53. The van der Waals surface area contributed by atoms with Crippen LogP contribution >= 0.6 is 34.7 Å². The van der Waals surface area contributed by atoms with E-state index < -0.39 is 0 Å². The average molecular weight is 386 g/mol. The molecule has 1 saturated heterocycles. The van der Waals surface area contributed by atoms with E-state index in [4.69, 9.17) is 27.9 Å². The molecule has 0 unspecified atom stereocenters. The van der Waals surface area contributed by atoms with Crippen LogP contribution in [-0.2, 0) is 11.2 Å². The molecule has 1 aliphatic heterocycles. The van der Waals surface area contributed by atoms with Crippen LogP contribution in [0.1, 0.15) is 40.4 Å². The van der Waals surface area contributed by atoms with Crippen molar-refractivity contribution in [2.75, 3.05) is 19.7 Å². The third-order valence-electron chi connectivity index (χ3n) is 3.85. The number of amides is 1. The standard InChI is InChI=1S/C16H17Cl2N3O2S/c1-2-3-13-15(24-20-19-13)16(22)21-4-5-23-14(9-21)10-6-11(17)8-12(18)7-10/h6-8,14H,2-5,9H2,1H3/t14-/m1/s1. The van der Waals surface area contributed by atoms with Crippen LogP contribution in [0.5, 0.6) is 0 Å². The number of hydrogen-bond donors (Lipinski definition) is 0. The van der Waals surface area contributed by atoms with Gasteiger partial charge in [0.1, 0.15) is 11.0 Å². The first-order valence-electron chi connectivity index (χ1n) is 7.76. The van der Waals surface area contributed by atoms with E-state index in [0.717, 1.165) is 35.6 Å². The summed E-state index contributed by atoms with van der Waals surface area (Å²) >= 11 is 13.3. The molecule has 1 aromatic carbocycles. The zero-order chi connectivity index (χ0) is 17.1. The third-order valence-corrected chi connectivity index (χ3v) is 5.04. The average Bonchev–Trinajstić information content (AvgIpc) is 3.02. The molecule has 3 rings (SSSR count). The lowest BCUT2D eigenvalue weighted by Gasteiger charge is -2.33. The Kier molecular flexibility index (Phi) is 5.71. The lowest BCUT2D eigenvalue weighted by Crippen LogP contribution is -2.42. The van der Waals surface area contributed by atoms with Crippen molar-refractivity contribution in [1.29, 1.82) is 0 Å². The minimum atomic E-state index is -0.241. The maximum atomic E-state index is 12.8. The number of aromatic nitrogens is 2. The quantitative estimate of drug-likeness (QED) is 0.797. The Balaban J connectivity index is 1.77. The molecule has 5 nitrogen and oxygen atoms in total. The Morgan fingerprint density at radius 1 is 1.38 bits per heavy atom. The van der Waals surface area contributed by atoms with Gasteiger partial charge in [0.05, 0.1) is 18.8 Å². The summed E-state index contributed by atoms with van der Waals surface area (Å²) in [6, 6.07) is 5.32. The summed E-state index contributed by atoms with van der Waals surface area (Å²) in [6.07, 6.45) is 1.45. The second kappa shape index (κ2) is 7.78. The number of nitrogens with zero attached hydrogens (tertiary/aromatic N) is 3. The van der Waals surface area contributed by atoms with Gasteiger partial charge in [0, 0.05) is 16.6 Å². The van der Waals surface area contributed by atoms with E-state index in [-0.39, 0.29) is 12.0 Å². The van der Waals surface area contributed by atoms with Crippen LogP contribution in [0, 0.1) is 0 Å². The summed E-state index contributed by atoms with van der Waals surface area (Å²) in [5, 5.41) is 5.19. The summed E-state index contributed by atoms with van der Waals surface area (Å²) in [7, 11) is 0. The summed E-state index contributed by atoms with van der Waals surface area (Å²) in [5.74, 6) is -0.0325. The van der Waals surface area contributed by atoms with Gasteiger partial charge < -0.3 is 9.64 Å². The molecule has 128 valence electrons. The molecule has 2 heterocycles. The Labute approximate surface area is 154 Å². The van der Waals surface area contributed by atoms with Gasteiger partial charge in [0.25, 0.3) is 5.91 Å². The van der Waals surface area contributed by atoms with E-state index in [9.17, 15) is 4.79 Å². The maximum Gasteiger partial charge on any atom is 0.267 e. The molecule has 1 aromatic heterocycles. The van der Waals surface area contributed by atoms with Crippen molar-refractivity contribution in [3.8, 4) is 0 Å². The number of rotatable bonds is 4. The fourth-order valence-electron chi connectivity index (χ4n) is 2.71. The van der Waals surface area contributed by atoms with Gasteiger partial charge in [0.15, 0.2) is 0 Å². The highest BCUT2D eigenvalue weighted by Crippen LogP contribution is 2.29. The second-order valence-corrected chi connectivity index (χ2v) is 7.24. The summed E-state index contributed by atoms with van der Waals surface area (Å²) in [4.78, 5) is 15.2. The van der Waals surface area contributed by atoms with Gasteiger partial charge in [0.2, 0.25) is 0 Å². The van der Waals surface area contributed by atoms with Crippen LogP contribution in [-0.4, -0.2) is 40.1 Å². The van der Waals surface area contributed by atoms with Crippen molar-refractivity contribution < 1.29 is 9.53 Å². The number of halogens is 2. The lowest BCUT2D eigenvalue weighted by molar-refractivity contribution is -0.0226. The Bertz CT molecular complexity index is 718. The van der Waals surface area contributed by atoms with Crippen molar-refractivity contribution in [2.45, 2.75) is 25.9 Å². The molecule has 24 heavy (non-hydrogen) atoms. The third kappa shape index (κ3) is 3.88. The highest BCUT2D eigenvalue weighted by molar-refractivity contribution is 7.08. The zero-order valence-electron chi connectivity index (χ0n) is 13.2. The van der Waals surface area contributed by atoms with Crippen LogP contribution < -0.4 is 0 Å². The van der Waals surface area contributed by atoms with Crippen LogP contribution in [0.3, 0.4) is 0 Å². The van der Waals surface area contributed by atoms with Crippen LogP contribution in [0.15, 0.2) is 18.2 Å². The predicted molar refractivity (Wildman–Crippen MR) is 95.0 cm³/mol. The molecule has 2 aromatic rings. The molecule has 1 aliphatic rings. The molecular formula is C16H17Cl2N3O2S. The van der Waals surface area contributed by atoms with Crippen molar-refractivity contribution in [3.05, 3.63) is 44.4 Å². The van der Waals surface area contributed by atoms with E-state index in [1.807, 2.05) is 12.1 Å². The van der Waals surface area contributed by atoms with Crippen LogP contribution in [0.2, 0.25) is 10.0 Å². The second-order valence-electron chi connectivity index (χ2n) is 5.61. The SMILES string of the molecule is CCCc1nnsc1C(=O)N1CCO[C@@H](c2cc(Cl)cc(Cl)c2)C1. The molecule has 1 amide bonds. The van der Waals surface area contributed by atoms with Crippen molar-refractivity contribution in [2.24, 2.45) is 0 Å². The Morgan fingerprint density at radius 2 is 2.12 bits per heavy atom. The number of morpholine rings is 1. The molecule has 0 saturated carbocycles. The Hall–Kier alpha value is -1.21. The number of carbonyl (C=O) groups excluding carboxylic acids is 1. The molecule has 0 spiro atoms. The fraction of sp³-hybridized carbons (Fsp3) is 0.438. The van der Waals surface area contributed by atoms with Gasteiger partial charge in [-0.1, -0.05) is 41.0 Å².